The second-order valence-corrected chi connectivity index (χ2v) is 5.63. The van der Waals surface area contributed by atoms with Crippen molar-refractivity contribution in [2.24, 2.45) is 4.99 Å². The summed E-state index contributed by atoms with van der Waals surface area (Å²) in [7, 11) is 3.04. The Bertz CT molecular complexity index is 962. The molecule has 1 heterocycles. The molecular formula is C21H20N2O3. The minimum atomic E-state index is -0.381. The number of nitrogens with zero attached hydrogens (tertiary/aromatic N) is 2. The summed E-state index contributed by atoms with van der Waals surface area (Å²) >= 11 is 0. The Morgan fingerprint density at radius 2 is 1.69 bits per heavy atom. The second-order valence-electron chi connectivity index (χ2n) is 5.63. The first-order valence-electron chi connectivity index (χ1n) is 8.22. The van der Waals surface area contributed by atoms with Gasteiger partial charge < -0.3 is 14.0 Å². The van der Waals surface area contributed by atoms with E-state index >= 15 is 0 Å². The summed E-state index contributed by atoms with van der Waals surface area (Å²) in [6.07, 6.45) is 1.90. The number of benzene rings is 2. The van der Waals surface area contributed by atoms with E-state index in [-0.39, 0.29) is 5.91 Å². The lowest BCUT2D eigenvalue weighted by atomic mass is 10.1. The fraction of sp³-hybridized carbons (Fsp3) is 0.143. The van der Waals surface area contributed by atoms with Gasteiger partial charge in [-0.15, -0.1) is 0 Å². The van der Waals surface area contributed by atoms with Crippen LogP contribution in [0.15, 0.2) is 77.9 Å². The van der Waals surface area contributed by atoms with E-state index in [0.717, 1.165) is 5.56 Å². The topological polar surface area (TPSA) is 52.8 Å². The molecule has 1 aromatic heterocycles. The maximum absolute atomic E-state index is 12.8. The van der Waals surface area contributed by atoms with Gasteiger partial charge in [-0.1, -0.05) is 42.5 Å². The van der Waals surface area contributed by atoms with E-state index in [2.05, 4.69) is 4.99 Å². The summed E-state index contributed by atoms with van der Waals surface area (Å²) in [4.78, 5) is 17.0. The van der Waals surface area contributed by atoms with Gasteiger partial charge in [-0.3, -0.25) is 4.79 Å². The van der Waals surface area contributed by atoms with E-state index in [9.17, 15) is 4.79 Å². The molecule has 0 unspecified atom stereocenters. The molecular weight excluding hydrogens is 328 g/mol. The first-order valence-corrected chi connectivity index (χ1v) is 8.22. The van der Waals surface area contributed by atoms with Crippen molar-refractivity contribution in [1.29, 1.82) is 0 Å². The number of methoxy groups -OCH3 is 2. The largest absolute Gasteiger partial charge is 0.493 e. The van der Waals surface area contributed by atoms with Crippen LogP contribution in [0.2, 0.25) is 0 Å². The van der Waals surface area contributed by atoms with Gasteiger partial charge in [0, 0.05) is 12.7 Å². The lowest BCUT2D eigenvalue weighted by Gasteiger charge is -2.10. The monoisotopic (exact) mass is 348 g/mol. The molecule has 132 valence electrons. The number of ether oxygens (including phenoxy) is 2. The lowest BCUT2D eigenvalue weighted by Crippen LogP contribution is -2.22. The minimum absolute atomic E-state index is 0.363. The molecule has 5 heteroatoms. The van der Waals surface area contributed by atoms with Gasteiger partial charge in [0.25, 0.3) is 5.91 Å². The van der Waals surface area contributed by atoms with Crippen LogP contribution in [-0.2, 0) is 6.54 Å². The number of aromatic nitrogens is 1. The van der Waals surface area contributed by atoms with Crippen LogP contribution in [0.3, 0.4) is 0 Å². The van der Waals surface area contributed by atoms with Gasteiger partial charge >= 0.3 is 0 Å². The van der Waals surface area contributed by atoms with Crippen LogP contribution < -0.4 is 15.0 Å². The van der Waals surface area contributed by atoms with Crippen LogP contribution in [0.4, 0.5) is 0 Å². The maximum Gasteiger partial charge on any atom is 0.282 e. The Balaban J connectivity index is 2.00. The van der Waals surface area contributed by atoms with Gasteiger partial charge in [0.1, 0.15) is 5.49 Å². The Labute approximate surface area is 152 Å². The summed E-state index contributed by atoms with van der Waals surface area (Å²) in [5.41, 5.74) is 2.07. The summed E-state index contributed by atoms with van der Waals surface area (Å²) in [6.45, 7) is 0.628. The molecule has 2 aromatic carbocycles. The number of hydrogen-bond acceptors (Lipinski definition) is 3. The molecule has 3 rings (SSSR count). The molecule has 5 nitrogen and oxygen atoms in total. The van der Waals surface area contributed by atoms with Crippen LogP contribution in [0.1, 0.15) is 15.9 Å². The average molecular weight is 348 g/mol. The zero-order chi connectivity index (χ0) is 18.4. The zero-order valence-electron chi connectivity index (χ0n) is 14.8. The van der Waals surface area contributed by atoms with Crippen molar-refractivity contribution in [3.05, 3.63) is 89.5 Å². The predicted octanol–water partition coefficient (Wildman–Crippen LogP) is 3.29. The fourth-order valence-electron chi connectivity index (χ4n) is 2.70. The van der Waals surface area contributed by atoms with Crippen molar-refractivity contribution in [2.75, 3.05) is 14.2 Å². The number of carbonyl (C=O) groups is 1. The average Bonchev–Trinajstić information content (AvgIpc) is 2.69. The highest BCUT2D eigenvalue weighted by Crippen LogP contribution is 2.30. The highest BCUT2D eigenvalue weighted by Gasteiger charge is 2.15. The second kappa shape index (κ2) is 8.16. The van der Waals surface area contributed by atoms with E-state index < -0.39 is 0 Å². The van der Waals surface area contributed by atoms with E-state index in [1.807, 2.05) is 59.3 Å². The summed E-state index contributed by atoms with van der Waals surface area (Å²) in [5.74, 6) is 0.502. The Hall–Kier alpha value is -3.34. The van der Waals surface area contributed by atoms with Crippen molar-refractivity contribution in [2.45, 2.75) is 6.54 Å². The number of hydrogen-bond donors (Lipinski definition) is 0. The molecule has 0 fully saturated rings. The molecule has 0 aliphatic rings. The summed E-state index contributed by atoms with van der Waals surface area (Å²) in [5, 5.41) is 0. The third-order valence-electron chi connectivity index (χ3n) is 3.96. The maximum atomic E-state index is 12.8. The Kier molecular flexibility index (Phi) is 5.49. The van der Waals surface area contributed by atoms with Gasteiger partial charge in [-0.05, 0) is 29.8 Å². The van der Waals surface area contributed by atoms with Crippen molar-refractivity contribution < 1.29 is 14.3 Å². The van der Waals surface area contributed by atoms with Crippen LogP contribution in [0, 0.1) is 0 Å². The van der Waals surface area contributed by atoms with E-state index in [4.69, 9.17) is 9.47 Å². The van der Waals surface area contributed by atoms with Gasteiger partial charge in [-0.2, -0.15) is 4.99 Å². The smallest absolute Gasteiger partial charge is 0.282 e. The van der Waals surface area contributed by atoms with E-state index in [1.165, 1.54) is 14.2 Å². The van der Waals surface area contributed by atoms with Crippen LogP contribution in [0.25, 0.3) is 0 Å². The minimum Gasteiger partial charge on any atom is -0.493 e. The molecule has 0 aliphatic heterocycles. The van der Waals surface area contributed by atoms with E-state index in [1.54, 1.807) is 18.2 Å². The summed E-state index contributed by atoms with van der Waals surface area (Å²) < 4.78 is 12.5. The first kappa shape index (κ1) is 17.5. The van der Waals surface area contributed by atoms with E-state index in [0.29, 0.717) is 29.1 Å². The zero-order valence-corrected chi connectivity index (χ0v) is 14.8. The molecule has 0 saturated carbocycles. The normalized spacial score (nSPS) is 11.2. The highest BCUT2D eigenvalue weighted by molar-refractivity contribution is 5.98. The molecule has 0 atom stereocenters. The Morgan fingerprint density at radius 3 is 2.42 bits per heavy atom. The van der Waals surface area contributed by atoms with Crippen molar-refractivity contribution in [1.82, 2.24) is 4.57 Å². The number of para-hydroxylation sites is 1. The van der Waals surface area contributed by atoms with Crippen LogP contribution >= 0.6 is 0 Å². The van der Waals surface area contributed by atoms with Gasteiger partial charge in [0.2, 0.25) is 0 Å². The lowest BCUT2D eigenvalue weighted by molar-refractivity contribution is 0.0993. The van der Waals surface area contributed by atoms with Crippen molar-refractivity contribution in [3.8, 4) is 11.5 Å². The molecule has 0 saturated heterocycles. The molecule has 0 N–H and O–H groups in total. The highest BCUT2D eigenvalue weighted by atomic mass is 16.5. The Morgan fingerprint density at radius 1 is 0.923 bits per heavy atom. The SMILES string of the molecule is COc1cccc(C(=O)N=c2ccccn2Cc2ccccc2)c1OC. The number of carbonyl (C=O) groups excluding carboxylic acids is 1. The number of amides is 1. The van der Waals surface area contributed by atoms with Crippen LogP contribution in [-0.4, -0.2) is 24.7 Å². The molecule has 26 heavy (non-hydrogen) atoms. The first-order chi connectivity index (χ1) is 12.7. The molecule has 3 aromatic rings. The van der Waals surface area contributed by atoms with Crippen molar-refractivity contribution >= 4 is 5.91 Å². The van der Waals surface area contributed by atoms with Crippen molar-refractivity contribution in [3.63, 3.8) is 0 Å². The third kappa shape index (κ3) is 3.83. The molecule has 0 bridgehead atoms. The van der Waals surface area contributed by atoms with Crippen LogP contribution in [0.5, 0.6) is 11.5 Å². The van der Waals surface area contributed by atoms with Gasteiger partial charge in [0.15, 0.2) is 11.5 Å². The molecule has 0 radical (unpaired) electrons. The standard InChI is InChI=1S/C21H20N2O3/c1-25-18-12-8-11-17(20(18)26-2)21(24)22-19-13-6-7-14-23(19)15-16-9-4-3-5-10-16/h3-14H,15H2,1-2H3. The van der Waals surface area contributed by atoms with Gasteiger partial charge in [0.05, 0.1) is 19.8 Å². The molecule has 0 spiro atoms. The fourth-order valence-corrected chi connectivity index (χ4v) is 2.70. The number of pyridine rings is 1. The predicted molar refractivity (Wildman–Crippen MR) is 99.4 cm³/mol. The number of rotatable bonds is 5. The molecule has 1 amide bonds. The third-order valence-corrected chi connectivity index (χ3v) is 3.96. The quantitative estimate of drug-likeness (QED) is 0.711. The van der Waals surface area contributed by atoms with Gasteiger partial charge in [-0.25, -0.2) is 0 Å². The molecule has 0 aliphatic carbocycles. The summed E-state index contributed by atoms with van der Waals surface area (Å²) in [6, 6.07) is 20.8.